The summed E-state index contributed by atoms with van der Waals surface area (Å²) in [5.41, 5.74) is 1.02. The van der Waals surface area contributed by atoms with E-state index in [4.69, 9.17) is 9.84 Å². The average molecular weight is 254 g/mol. The van der Waals surface area contributed by atoms with Gasteiger partial charge in [-0.15, -0.1) is 0 Å². The lowest BCUT2D eigenvalue weighted by Gasteiger charge is -2.07. The smallest absolute Gasteiger partial charge is 0.328 e. The highest BCUT2D eigenvalue weighted by atomic mass is 16.5. The second-order valence-corrected chi connectivity index (χ2v) is 3.96. The van der Waals surface area contributed by atoms with Crippen LogP contribution in [0.15, 0.2) is 54.6 Å². The lowest BCUT2D eigenvalue weighted by molar-refractivity contribution is -0.131. The third kappa shape index (κ3) is 3.01. The lowest BCUT2D eigenvalue weighted by atomic mass is 10.0. The highest BCUT2D eigenvalue weighted by Gasteiger charge is 2.03. The molecule has 0 spiro atoms. The van der Waals surface area contributed by atoms with E-state index in [0.717, 1.165) is 28.2 Å². The number of fused-ring (bicyclic) bond motifs is 1. The van der Waals surface area contributed by atoms with E-state index in [1.807, 2.05) is 42.5 Å². The van der Waals surface area contributed by atoms with Crippen molar-refractivity contribution in [2.45, 2.75) is 0 Å². The summed E-state index contributed by atoms with van der Waals surface area (Å²) in [6.45, 7) is 0. The van der Waals surface area contributed by atoms with Crippen molar-refractivity contribution in [3.05, 3.63) is 60.2 Å². The summed E-state index contributed by atoms with van der Waals surface area (Å²) >= 11 is 0. The van der Waals surface area contributed by atoms with Crippen molar-refractivity contribution in [3.63, 3.8) is 0 Å². The number of methoxy groups -OCH3 is 1. The van der Waals surface area contributed by atoms with Crippen LogP contribution in [0, 0.1) is 0 Å². The summed E-state index contributed by atoms with van der Waals surface area (Å²) in [5, 5.41) is 10.6. The highest BCUT2D eigenvalue weighted by Crippen LogP contribution is 2.28. The molecular formula is C16H14O3. The minimum Gasteiger partial charge on any atom is -0.496 e. The van der Waals surface area contributed by atoms with Gasteiger partial charge in [0, 0.05) is 11.5 Å². The Hall–Kier alpha value is -2.55. The molecule has 0 aliphatic carbocycles. The molecule has 0 unspecified atom stereocenters. The molecule has 1 N–H and O–H groups in total. The third-order valence-corrected chi connectivity index (χ3v) is 2.76. The van der Waals surface area contributed by atoms with Crippen LogP contribution in [0.2, 0.25) is 0 Å². The van der Waals surface area contributed by atoms with Crippen molar-refractivity contribution in [1.29, 1.82) is 0 Å². The van der Waals surface area contributed by atoms with Gasteiger partial charge in [-0.3, -0.25) is 0 Å². The SMILES string of the molecule is COc1ccc(C=CC=CC(=O)O)c2ccccc12. The minimum atomic E-state index is -0.954. The van der Waals surface area contributed by atoms with Gasteiger partial charge in [-0.25, -0.2) is 4.79 Å². The van der Waals surface area contributed by atoms with Gasteiger partial charge in [0.15, 0.2) is 0 Å². The van der Waals surface area contributed by atoms with Crippen molar-refractivity contribution < 1.29 is 14.6 Å². The molecule has 0 bridgehead atoms. The van der Waals surface area contributed by atoms with Crippen molar-refractivity contribution in [3.8, 4) is 5.75 Å². The monoisotopic (exact) mass is 254 g/mol. The fourth-order valence-corrected chi connectivity index (χ4v) is 1.92. The van der Waals surface area contributed by atoms with Gasteiger partial charge in [-0.05, 0) is 17.0 Å². The molecule has 2 aromatic carbocycles. The van der Waals surface area contributed by atoms with Gasteiger partial charge in [0.1, 0.15) is 5.75 Å². The standard InChI is InChI=1S/C16H14O3/c1-19-15-11-10-12(6-2-5-9-16(17)18)13-7-3-4-8-14(13)15/h2-11H,1H3,(H,17,18). The third-order valence-electron chi connectivity index (χ3n) is 2.76. The first-order valence-electron chi connectivity index (χ1n) is 5.86. The van der Waals surface area contributed by atoms with Crippen LogP contribution in [0.5, 0.6) is 5.75 Å². The Kier molecular flexibility index (Phi) is 3.98. The molecule has 0 fully saturated rings. The van der Waals surface area contributed by atoms with Crippen LogP contribution >= 0.6 is 0 Å². The largest absolute Gasteiger partial charge is 0.496 e. The van der Waals surface area contributed by atoms with E-state index in [1.54, 1.807) is 13.2 Å². The van der Waals surface area contributed by atoms with Crippen LogP contribution in [-0.4, -0.2) is 18.2 Å². The van der Waals surface area contributed by atoms with Gasteiger partial charge in [-0.2, -0.15) is 0 Å². The molecule has 3 heteroatoms. The van der Waals surface area contributed by atoms with Gasteiger partial charge < -0.3 is 9.84 Å². The first kappa shape index (κ1) is 12.9. The predicted molar refractivity (Wildman–Crippen MR) is 76.3 cm³/mol. The van der Waals surface area contributed by atoms with E-state index in [2.05, 4.69) is 0 Å². The number of allylic oxidation sites excluding steroid dienone is 2. The quantitative estimate of drug-likeness (QED) is 0.671. The molecule has 0 aromatic heterocycles. The summed E-state index contributed by atoms with van der Waals surface area (Å²) in [6, 6.07) is 11.8. The van der Waals surface area contributed by atoms with Crippen molar-refractivity contribution in [1.82, 2.24) is 0 Å². The number of carbonyl (C=O) groups is 1. The Morgan fingerprint density at radius 1 is 1.11 bits per heavy atom. The molecule has 3 nitrogen and oxygen atoms in total. The highest BCUT2D eigenvalue weighted by molar-refractivity contribution is 5.95. The molecular weight excluding hydrogens is 240 g/mol. The minimum absolute atomic E-state index is 0.828. The number of hydrogen-bond acceptors (Lipinski definition) is 2. The molecule has 0 radical (unpaired) electrons. The number of ether oxygens (including phenoxy) is 1. The molecule has 2 aromatic rings. The second-order valence-electron chi connectivity index (χ2n) is 3.96. The number of carboxylic acids is 1. The first-order valence-corrected chi connectivity index (χ1v) is 5.86. The van der Waals surface area contributed by atoms with E-state index in [1.165, 1.54) is 6.08 Å². The van der Waals surface area contributed by atoms with Crippen LogP contribution in [0.1, 0.15) is 5.56 Å². The van der Waals surface area contributed by atoms with Gasteiger partial charge in [-0.1, -0.05) is 48.6 Å². The predicted octanol–water partition coefficient (Wildman–Crippen LogP) is 3.50. The van der Waals surface area contributed by atoms with Gasteiger partial charge in [0.05, 0.1) is 7.11 Å². The number of rotatable bonds is 4. The van der Waals surface area contributed by atoms with Crippen molar-refractivity contribution in [2.24, 2.45) is 0 Å². The fraction of sp³-hybridized carbons (Fsp3) is 0.0625. The molecule has 0 saturated heterocycles. The van der Waals surface area contributed by atoms with Crippen LogP contribution in [-0.2, 0) is 4.79 Å². The summed E-state index contributed by atoms with van der Waals surface area (Å²) in [6.07, 6.45) is 6.19. The molecule has 0 heterocycles. The maximum Gasteiger partial charge on any atom is 0.328 e. The van der Waals surface area contributed by atoms with E-state index in [-0.39, 0.29) is 0 Å². The Morgan fingerprint density at radius 3 is 2.53 bits per heavy atom. The first-order chi connectivity index (χ1) is 9.22. The number of aliphatic carboxylic acids is 1. The average Bonchev–Trinajstić information content (AvgIpc) is 2.43. The van der Waals surface area contributed by atoms with Crippen LogP contribution in [0.3, 0.4) is 0 Å². The van der Waals surface area contributed by atoms with Crippen molar-refractivity contribution >= 4 is 22.8 Å². The molecule has 96 valence electrons. The van der Waals surface area contributed by atoms with Crippen molar-refractivity contribution in [2.75, 3.05) is 7.11 Å². The van der Waals surface area contributed by atoms with Gasteiger partial charge in [0.2, 0.25) is 0 Å². The second kappa shape index (κ2) is 5.87. The Labute approximate surface area is 111 Å². The summed E-state index contributed by atoms with van der Waals surface area (Å²) in [4.78, 5) is 10.4. The number of carboxylic acid groups (broad SMARTS) is 1. The normalized spacial score (nSPS) is 11.4. The van der Waals surface area contributed by atoms with E-state index < -0.39 is 5.97 Å². The molecule has 0 aliphatic heterocycles. The van der Waals surface area contributed by atoms with E-state index in [0.29, 0.717) is 0 Å². The summed E-state index contributed by atoms with van der Waals surface area (Å²) in [7, 11) is 1.65. The Balaban J connectivity index is 2.42. The van der Waals surface area contributed by atoms with Gasteiger partial charge in [0.25, 0.3) is 0 Å². The van der Waals surface area contributed by atoms with Gasteiger partial charge >= 0.3 is 5.97 Å². The molecule has 0 amide bonds. The number of benzene rings is 2. The van der Waals surface area contributed by atoms with E-state index in [9.17, 15) is 4.79 Å². The van der Waals surface area contributed by atoms with Crippen LogP contribution in [0.4, 0.5) is 0 Å². The maximum absolute atomic E-state index is 10.4. The molecule has 0 saturated carbocycles. The lowest BCUT2D eigenvalue weighted by Crippen LogP contribution is -1.86. The molecule has 19 heavy (non-hydrogen) atoms. The zero-order chi connectivity index (χ0) is 13.7. The molecule has 2 rings (SSSR count). The maximum atomic E-state index is 10.4. The summed E-state index contributed by atoms with van der Waals surface area (Å²) < 4.78 is 5.32. The Bertz CT molecular complexity index is 654. The molecule has 0 atom stereocenters. The number of hydrogen-bond donors (Lipinski definition) is 1. The zero-order valence-corrected chi connectivity index (χ0v) is 10.5. The topological polar surface area (TPSA) is 46.5 Å². The Morgan fingerprint density at radius 2 is 1.84 bits per heavy atom. The summed E-state index contributed by atoms with van der Waals surface area (Å²) in [5.74, 6) is -0.127. The molecule has 0 aliphatic rings. The van der Waals surface area contributed by atoms with Crippen LogP contribution < -0.4 is 4.74 Å². The van der Waals surface area contributed by atoms with E-state index >= 15 is 0 Å². The zero-order valence-electron chi connectivity index (χ0n) is 10.5. The fourth-order valence-electron chi connectivity index (χ4n) is 1.92. The van der Waals surface area contributed by atoms with Crippen LogP contribution in [0.25, 0.3) is 16.8 Å².